The average Bonchev–Trinajstić information content (AvgIpc) is 2.47. The summed E-state index contributed by atoms with van der Waals surface area (Å²) in [7, 11) is 3.86. The first-order valence-corrected chi connectivity index (χ1v) is 6.64. The molecule has 0 amide bonds. The Balaban J connectivity index is 1.99. The van der Waals surface area contributed by atoms with Crippen LogP contribution < -0.4 is 9.64 Å². The molecule has 4 nitrogen and oxygen atoms in total. The van der Waals surface area contributed by atoms with E-state index in [9.17, 15) is 0 Å². The monoisotopic (exact) mass is 257 g/mol. The summed E-state index contributed by atoms with van der Waals surface area (Å²) in [6.45, 7) is 4.26. The van der Waals surface area contributed by atoms with Gasteiger partial charge in [-0.2, -0.15) is 0 Å². The van der Waals surface area contributed by atoms with Gasteiger partial charge in [-0.15, -0.1) is 0 Å². The quantitative estimate of drug-likeness (QED) is 0.822. The van der Waals surface area contributed by atoms with E-state index >= 15 is 0 Å². The zero-order valence-corrected chi connectivity index (χ0v) is 11.5. The molecule has 3 rings (SSSR count). The third kappa shape index (κ3) is 2.36. The Morgan fingerprint density at radius 3 is 2.63 bits per heavy atom. The number of hydrogen-bond acceptors (Lipinski definition) is 4. The molecule has 0 atom stereocenters. The van der Waals surface area contributed by atoms with Gasteiger partial charge in [0.25, 0.3) is 0 Å². The summed E-state index contributed by atoms with van der Waals surface area (Å²) in [5.41, 5.74) is 0. The van der Waals surface area contributed by atoms with Crippen LogP contribution in [0.25, 0.3) is 10.8 Å². The fraction of sp³-hybridized carbons (Fsp3) is 0.400. The molecule has 1 aliphatic rings. The maximum absolute atomic E-state index is 5.28. The molecule has 0 unspecified atom stereocenters. The van der Waals surface area contributed by atoms with Crippen LogP contribution in [0.1, 0.15) is 0 Å². The van der Waals surface area contributed by atoms with Crippen LogP contribution >= 0.6 is 0 Å². The van der Waals surface area contributed by atoms with Crippen LogP contribution in [0.3, 0.4) is 0 Å². The van der Waals surface area contributed by atoms with Crippen LogP contribution in [0.2, 0.25) is 0 Å². The van der Waals surface area contributed by atoms with Crippen molar-refractivity contribution in [3.63, 3.8) is 0 Å². The van der Waals surface area contributed by atoms with Crippen molar-refractivity contribution >= 4 is 16.6 Å². The molecular weight excluding hydrogens is 238 g/mol. The van der Waals surface area contributed by atoms with E-state index in [0.717, 1.165) is 37.7 Å². The minimum Gasteiger partial charge on any atom is -0.497 e. The summed E-state index contributed by atoms with van der Waals surface area (Å²) in [6.07, 6.45) is 1.88. The summed E-state index contributed by atoms with van der Waals surface area (Å²) in [4.78, 5) is 9.30. The third-order valence-electron chi connectivity index (χ3n) is 3.75. The minimum absolute atomic E-state index is 0.892. The molecule has 0 saturated carbocycles. The topological polar surface area (TPSA) is 28.6 Å². The molecule has 0 bridgehead atoms. The number of rotatable bonds is 2. The maximum Gasteiger partial charge on any atom is 0.136 e. The third-order valence-corrected chi connectivity index (χ3v) is 3.75. The molecular formula is C15H19N3O. The number of hydrogen-bond donors (Lipinski definition) is 0. The largest absolute Gasteiger partial charge is 0.497 e. The second-order valence-electron chi connectivity index (χ2n) is 5.01. The van der Waals surface area contributed by atoms with Gasteiger partial charge in [0.2, 0.25) is 0 Å². The van der Waals surface area contributed by atoms with Gasteiger partial charge >= 0.3 is 0 Å². The number of ether oxygens (including phenoxy) is 1. The lowest BCUT2D eigenvalue weighted by Crippen LogP contribution is -2.44. The van der Waals surface area contributed by atoms with E-state index in [4.69, 9.17) is 4.74 Å². The van der Waals surface area contributed by atoms with Crippen LogP contribution in [0.4, 0.5) is 5.82 Å². The van der Waals surface area contributed by atoms with Gasteiger partial charge in [-0.25, -0.2) is 4.98 Å². The van der Waals surface area contributed by atoms with Gasteiger partial charge in [0, 0.05) is 37.8 Å². The van der Waals surface area contributed by atoms with E-state index in [1.165, 1.54) is 10.8 Å². The fourth-order valence-corrected chi connectivity index (χ4v) is 2.54. The van der Waals surface area contributed by atoms with E-state index < -0.39 is 0 Å². The lowest BCUT2D eigenvalue weighted by Gasteiger charge is -2.33. The molecule has 1 aromatic heterocycles. The van der Waals surface area contributed by atoms with Crippen LogP contribution in [0.5, 0.6) is 5.75 Å². The first-order valence-electron chi connectivity index (χ1n) is 6.64. The van der Waals surface area contributed by atoms with Crippen molar-refractivity contribution in [2.45, 2.75) is 0 Å². The zero-order chi connectivity index (χ0) is 13.2. The van der Waals surface area contributed by atoms with Crippen molar-refractivity contribution in [3.8, 4) is 5.75 Å². The smallest absolute Gasteiger partial charge is 0.136 e. The Hall–Kier alpha value is -1.81. The second kappa shape index (κ2) is 5.05. The summed E-state index contributed by atoms with van der Waals surface area (Å²) >= 11 is 0. The maximum atomic E-state index is 5.28. The molecule has 0 spiro atoms. The molecule has 4 heteroatoms. The predicted molar refractivity (Wildman–Crippen MR) is 78.0 cm³/mol. The Labute approximate surface area is 113 Å². The minimum atomic E-state index is 0.892. The van der Waals surface area contributed by atoms with Crippen molar-refractivity contribution in [2.24, 2.45) is 0 Å². The number of anilines is 1. The summed E-state index contributed by atoms with van der Waals surface area (Å²) in [5, 5.41) is 2.39. The highest BCUT2D eigenvalue weighted by Crippen LogP contribution is 2.28. The molecule has 100 valence electrons. The van der Waals surface area contributed by atoms with Crippen LogP contribution in [0, 0.1) is 0 Å². The van der Waals surface area contributed by atoms with Crippen molar-refractivity contribution in [1.29, 1.82) is 0 Å². The normalized spacial score (nSPS) is 16.8. The van der Waals surface area contributed by atoms with E-state index in [1.54, 1.807) is 7.11 Å². The molecule has 0 aliphatic carbocycles. The van der Waals surface area contributed by atoms with Gasteiger partial charge < -0.3 is 14.5 Å². The molecule has 1 saturated heterocycles. The lowest BCUT2D eigenvalue weighted by molar-refractivity contribution is 0.312. The number of piperazine rings is 1. The highest BCUT2D eigenvalue weighted by Gasteiger charge is 2.17. The highest BCUT2D eigenvalue weighted by atomic mass is 16.5. The molecule has 2 heterocycles. The van der Waals surface area contributed by atoms with Crippen molar-refractivity contribution in [2.75, 3.05) is 45.2 Å². The molecule has 19 heavy (non-hydrogen) atoms. The fourth-order valence-electron chi connectivity index (χ4n) is 2.54. The van der Waals surface area contributed by atoms with Gasteiger partial charge in [-0.1, -0.05) is 0 Å². The van der Waals surface area contributed by atoms with Crippen molar-refractivity contribution < 1.29 is 4.74 Å². The van der Waals surface area contributed by atoms with Gasteiger partial charge in [-0.3, -0.25) is 0 Å². The first kappa shape index (κ1) is 12.2. The lowest BCUT2D eigenvalue weighted by atomic mass is 10.1. The van der Waals surface area contributed by atoms with Crippen molar-refractivity contribution in [3.05, 3.63) is 30.5 Å². The predicted octanol–water partition coefficient (Wildman–Crippen LogP) is 2.00. The molecule has 1 aromatic carbocycles. The van der Waals surface area contributed by atoms with Crippen LogP contribution in [-0.2, 0) is 0 Å². The number of pyridine rings is 1. The number of likely N-dealkylation sites (N-methyl/N-ethyl adjacent to an activating group) is 1. The van der Waals surface area contributed by atoms with Gasteiger partial charge in [0.15, 0.2) is 0 Å². The van der Waals surface area contributed by atoms with Crippen LogP contribution in [0.15, 0.2) is 30.5 Å². The van der Waals surface area contributed by atoms with E-state index in [1.807, 2.05) is 18.3 Å². The molecule has 1 fully saturated rings. The molecule has 2 aromatic rings. The first-order chi connectivity index (χ1) is 9.28. The molecule has 0 radical (unpaired) electrons. The standard InChI is InChI=1S/C15H19N3O/c1-17-7-9-18(10-8-17)15-14-4-3-13(19-2)11-12(14)5-6-16-15/h3-6,11H,7-10H2,1-2H3. The average molecular weight is 257 g/mol. The highest BCUT2D eigenvalue weighted by molar-refractivity contribution is 5.93. The number of methoxy groups -OCH3 is 1. The van der Waals surface area contributed by atoms with Gasteiger partial charge in [0.1, 0.15) is 11.6 Å². The summed E-state index contributed by atoms with van der Waals surface area (Å²) in [5.74, 6) is 1.98. The number of nitrogens with zero attached hydrogens (tertiary/aromatic N) is 3. The Bertz CT molecular complexity index is 577. The zero-order valence-electron chi connectivity index (χ0n) is 11.5. The molecule has 0 N–H and O–H groups in total. The van der Waals surface area contributed by atoms with E-state index in [0.29, 0.717) is 0 Å². The van der Waals surface area contributed by atoms with E-state index in [2.05, 4.69) is 34.0 Å². The Kier molecular flexibility index (Phi) is 3.25. The SMILES string of the molecule is COc1ccc2c(N3CCN(C)CC3)nccc2c1. The number of fused-ring (bicyclic) bond motifs is 1. The summed E-state index contributed by atoms with van der Waals surface area (Å²) < 4.78 is 5.28. The second-order valence-corrected chi connectivity index (χ2v) is 5.01. The molecule has 1 aliphatic heterocycles. The Morgan fingerprint density at radius 2 is 1.89 bits per heavy atom. The van der Waals surface area contributed by atoms with Gasteiger partial charge in [-0.05, 0) is 36.7 Å². The van der Waals surface area contributed by atoms with Crippen LogP contribution in [-0.4, -0.2) is 50.2 Å². The van der Waals surface area contributed by atoms with E-state index in [-0.39, 0.29) is 0 Å². The summed E-state index contributed by atoms with van der Waals surface area (Å²) in [6, 6.07) is 8.21. The van der Waals surface area contributed by atoms with Gasteiger partial charge in [0.05, 0.1) is 7.11 Å². The number of benzene rings is 1. The number of aromatic nitrogens is 1. The van der Waals surface area contributed by atoms with Crippen molar-refractivity contribution in [1.82, 2.24) is 9.88 Å². The Morgan fingerprint density at radius 1 is 1.11 bits per heavy atom.